The van der Waals surface area contributed by atoms with E-state index in [-0.39, 0.29) is 5.91 Å². The number of furan rings is 1. The minimum absolute atomic E-state index is 0.255. The number of rotatable bonds is 5. The molecule has 0 spiro atoms. The molecule has 4 rings (SSSR count). The molecule has 0 aliphatic heterocycles. The minimum atomic E-state index is -0.255. The molecule has 0 aliphatic carbocycles. The van der Waals surface area contributed by atoms with Crippen molar-refractivity contribution < 1.29 is 9.21 Å². The molecular formula is C21H15ClN2O2S. The van der Waals surface area contributed by atoms with Crippen LogP contribution in [-0.2, 0) is 11.2 Å². The van der Waals surface area contributed by atoms with Gasteiger partial charge in [0.05, 0.1) is 0 Å². The average molecular weight is 395 g/mol. The zero-order valence-electron chi connectivity index (χ0n) is 14.2. The molecule has 1 amide bonds. The number of hydrogen-bond acceptors (Lipinski definition) is 4. The number of nitrogens with one attached hydrogen (secondary N) is 1. The molecule has 27 heavy (non-hydrogen) atoms. The van der Waals surface area contributed by atoms with Gasteiger partial charge < -0.3 is 4.42 Å². The monoisotopic (exact) mass is 394 g/mol. The molecule has 0 saturated heterocycles. The first-order chi connectivity index (χ1) is 13.2. The Kier molecular flexibility index (Phi) is 5.05. The molecule has 6 heteroatoms. The minimum Gasteiger partial charge on any atom is -0.457 e. The summed E-state index contributed by atoms with van der Waals surface area (Å²) in [7, 11) is 0. The van der Waals surface area contributed by atoms with Crippen LogP contribution >= 0.6 is 22.9 Å². The molecule has 0 saturated carbocycles. The Morgan fingerprint density at radius 1 is 1.19 bits per heavy atom. The number of carbonyl (C=O) groups excluding carboxylic acids is 1. The number of halogens is 1. The number of amides is 1. The van der Waals surface area contributed by atoms with E-state index < -0.39 is 0 Å². The van der Waals surface area contributed by atoms with E-state index in [4.69, 9.17) is 16.0 Å². The molecule has 2 aromatic heterocycles. The number of carbonyl (C=O) groups is 1. The van der Waals surface area contributed by atoms with Crippen LogP contribution < -0.4 is 5.32 Å². The topological polar surface area (TPSA) is 55.1 Å². The summed E-state index contributed by atoms with van der Waals surface area (Å²) >= 11 is 7.44. The zero-order chi connectivity index (χ0) is 18.6. The van der Waals surface area contributed by atoms with Gasteiger partial charge in [-0.2, -0.15) is 0 Å². The fourth-order valence-corrected chi connectivity index (χ4v) is 3.70. The van der Waals surface area contributed by atoms with E-state index in [0.717, 1.165) is 22.3 Å². The van der Waals surface area contributed by atoms with Crippen molar-refractivity contribution in [2.75, 3.05) is 5.32 Å². The van der Waals surface area contributed by atoms with Gasteiger partial charge in [0.25, 0.3) is 0 Å². The third-order valence-electron chi connectivity index (χ3n) is 3.90. The third-order valence-corrected chi connectivity index (χ3v) is 5.05. The van der Waals surface area contributed by atoms with E-state index in [0.29, 0.717) is 15.9 Å². The lowest BCUT2D eigenvalue weighted by Crippen LogP contribution is -2.06. The Morgan fingerprint density at radius 2 is 2.04 bits per heavy atom. The van der Waals surface area contributed by atoms with Gasteiger partial charge in [0.2, 0.25) is 5.91 Å². The predicted octanol–water partition coefficient (Wildman–Crippen LogP) is 5.79. The van der Waals surface area contributed by atoms with Crippen molar-refractivity contribution in [3.8, 4) is 0 Å². The van der Waals surface area contributed by atoms with E-state index in [1.165, 1.54) is 23.0 Å². The van der Waals surface area contributed by atoms with Crippen LogP contribution in [0.3, 0.4) is 0 Å². The number of hydrogen-bond donors (Lipinski definition) is 1. The van der Waals surface area contributed by atoms with Gasteiger partial charge in [-0.25, -0.2) is 4.98 Å². The second kappa shape index (κ2) is 7.78. The summed E-state index contributed by atoms with van der Waals surface area (Å²) in [5.41, 5.74) is 1.94. The van der Waals surface area contributed by atoms with Gasteiger partial charge >= 0.3 is 0 Å². The first-order valence-electron chi connectivity index (χ1n) is 8.32. The molecule has 0 fully saturated rings. The van der Waals surface area contributed by atoms with Crippen LogP contribution in [0.1, 0.15) is 16.2 Å². The van der Waals surface area contributed by atoms with Crippen LogP contribution in [0.25, 0.3) is 17.0 Å². The summed E-state index contributed by atoms with van der Waals surface area (Å²) in [5, 5.41) is 4.90. The standard InChI is InChI=1S/C21H15ClN2O2S/c22-16-6-8-19-15(11-16)12-17(26-19)7-9-20(25)24-21-23-13-18(27-21)10-14-4-2-1-3-5-14/h1-9,11-13H,10H2,(H,23,24,25). The molecule has 4 aromatic rings. The molecule has 2 aromatic carbocycles. The van der Waals surface area contributed by atoms with Crippen LogP contribution in [0.15, 0.2) is 71.3 Å². The van der Waals surface area contributed by atoms with Crippen molar-refractivity contribution in [2.24, 2.45) is 0 Å². The summed E-state index contributed by atoms with van der Waals surface area (Å²) in [6.07, 6.45) is 5.64. The molecule has 4 nitrogen and oxygen atoms in total. The van der Waals surface area contributed by atoms with Crippen molar-refractivity contribution in [1.29, 1.82) is 0 Å². The first-order valence-corrected chi connectivity index (χ1v) is 9.52. The van der Waals surface area contributed by atoms with Gasteiger partial charge in [0.1, 0.15) is 11.3 Å². The predicted molar refractivity (Wildman–Crippen MR) is 110 cm³/mol. The van der Waals surface area contributed by atoms with Crippen LogP contribution in [0.5, 0.6) is 0 Å². The third kappa shape index (κ3) is 4.45. The highest BCUT2D eigenvalue weighted by Crippen LogP contribution is 2.24. The number of aromatic nitrogens is 1. The smallest absolute Gasteiger partial charge is 0.250 e. The Bertz CT molecular complexity index is 1120. The molecule has 0 bridgehead atoms. The van der Waals surface area contributed by atoms with E-state index in [9.17, 15) is 4.79 Å². The van der Waals surface area contributed by atoms with Crippen molar-refractivity contribution in [1.82, 2.24) is 4.98 Å². The number of fused-ring (bicyclic) bond motifs is 1. The molecule has 1 N–H and O–H groups in total. The van der Waals surface area contributed by atoms with Gasteiger partial charge in [-0.1, -0.05) is 41.9 Å². The largest absolute Gasteiger partial charge is 0.457 e. The van der Waals surface area contributed by atoms with Crippen molar-refractivity contribution in [2.45, 2.75) is 6.42 Å². The normalized spacial score (nSPS) is 11.3. The quantitative estimate of drug-likeness (QED) is 0.436. The molecule has 134 valence electrons. The number of thiazole rings is 1. The maximum absolute atomic E-state index is 12.1. The molecular weight excluding hydrogens is 380 g/mol. The number of benzene rings is 2. The van der Waals surface area contributed by atoms with Crippen molar-refractivity contribution in [3.63, 3.8) is 0 Å². The molecule has 0 unspecified atom stereocenters. The van der Waals surface area contributed by atoms with Crippen molar-refractivity contribution in [3.05, 3.63) is 88.1 Å². The first kappa shape index (κ1) is 17.5. The molecule has 0 aliphatic rings. The molecule has 0 atom stereocenters. The van der Waals surface area contributed by atoms with Crippen molar-refractivity contribution >= 4 is 51.0 Å². The SMILES string of the molecule is O=C(C=Cc1cc2cc(Cl)ccc2o1)Nc1ncc(Cc2ccccc2)s1. The summed E-state index contributed by atoms with van der Waals surface area (Å²) in [4.78, 5) is 17.5. The van der Waals surface area contributed by atoms with E-state index >= 15 is 0 Å². The van der Waals surface area contributed by atoms with E-state index in [2.05, 4.69) is 22.4 Å². The number of nitrogens with zero attached hydrogens (tertiary/aromatic N) is 1. The highest BCUT2D eigenvalue weighted by molar-refractivity contribution is 7.15. The fourth-order valence-electron chi connectivity index (χ4n) is 2.67. The summed E-state index contributed by atoms with van der Waals surface area (Å²) in [5.74, 6) is 0.334. The van der Waals surface area contributed by atoms with E-state index in [1.807, 2.05) is 30.3 Å². The molecule has 2 heterocycles. The zero-order valence-corrected chi connectivity index (χ0v) is 15.8. The second-order valence-electron chi connectivity index (χ2n) is 5.95. The molecule has 0 radical (unpaired) electrons. The summed E-state index contributed by atoms with van der Waals surface area (Å²) in [6.45, 7) is 0. The maximum Gasteiger partial charge on any atom is 0.250 e. The van der Waals surface area contributed by atoms with Crippen LogP contribution in [-0.4, -0.2) is 10.9 Å². The van der Waals surface area contributed by atoms with Gasteiger partial charge in [0.15, 0.2) is 5.13 Å². The van der Waals surface area contributed by atoms with E-state index in [1.54, 1.807) is 24.4 Å². The summed E-state index contributed by atoms with van der Waals surface area (Å²) in [6, 6.07) is 17.4. The lowest BCUT2D eigenvalue weighted by atomic mass is 10.1. The van der Waals surface area contributed by atoms with Gasteiger partial charge in [-0.05, 0) is 35.9 Å². The van der Waals surface area contributed by atoms with Crippen LogP contribution in [0.4, 0.5) is 5.13 Å². The fraction of sp³-hybridized carbons (Fsp3) is 0.0476. The Morgan fingerprint density at radius 3 is 2.89 bits per heavy atom. The summed E-state index contributed by atoms with van der Waals surface area (Å²) < 4.78 is 5.66. The number of anilines is 1. The van der Waals surface area contributed by atoms with Crippen LogP contribution in [0, 0.1) is 0 Å². The lowest BCUT2D eigenvalue weighted by Gasteiger charge is -1.97. The van der Waals surface area contributed by atoms with Gasteiger partial charge in [-0.3, -0.25) is 10.1 Å². The van der Waals surface area contributed by atoms with Gasteiger partial charge in [-0.15, -0.1) is 11.3 Å². The Hall–Kier alpha value is -2.89. The van der Waals surface area contributed by atoms with Gasteiger partial charge in [0, 0.05) is 34.0 Å². The lowest BCUT2D eigenvalue weighted by molar-refractivity contribution is -0.111. The van der Waals surface area contributed by atoms with Crippen LogP contribution in [0.2, 0.25) is 5.02 Å². The Labute approximate surface area is 165 Å². The average Bonchev–Trinajstić information content (AvgIpc) is 3.27. The highest BCUT2D eigenvalue weighted by Gasteiger charge is 2.06. The maximum atomic E-state index is 12.1. The highest BCUT2D eigenvalue weighted by atomic mass is 35.5. The Balaban J connectivity index is 1.39. The second-order valence-corrected chi connectivity index (χ2v) is 7.50.